The Balaban J connectivity index is 2.87. The number of esters is 1. The van der Waals surface area contributed by atoms with Gasteiger partial charge in [-0.2, -0.15) is 0 Å². The van der Waals surface area contributed by atoms with Crippen molar-refractivity contribution in [1.29, 1.82) is 0 Å². The zero-order chi connectivity index (χ0) is 11.6. The largest absolute Gasteiger partial charge is 0.460 e. The highest BCUT2D eigenvalue weighted by Crippen LogP contribution is 2.14. The Hall–Kier alpha value is -1.10. The first-order valence-corrected chi connectivity index (χ1v) is 5.32. The van der Waals surface area contributed by atoms with Crippen molar-refractivity contribution in [2.24, 2.45) is 0 Å². The number of ether oxygens (including phenoxy) is 1. The molecule has 0 saturated heterocycles. The molecule has 4 nitrogen and oxygen atoms in total. The molecule has 0 saturated carbocycles. The minimum Gasteiger partial charge on any atom is -0.460 e. The van der Waals surface area contributed by atoms with Gasteiger partial charge < -0.3 is 15.4 Å². The molecule has 0 aromatic carbocycles. The van der Waals surface area contributed by atoms with Crippen molar-refractivity contribution in [2.45, 2.75) is 39.8 Å². The lowest BCUT2D eigenvalue weighted by atomic mass is 10.1. The zero-order valence-corrected chi connectivity index (χ0v) is 10.2. The van der Waals surface area contributed by atoms with Gasteiger partial charge in [0, 0.05) is 5.70 Å². The molecular formula is C10H16N2O2S. The third-order valence-corrected chi connectivity index (χ3v) is 2.27. The van der Waals surface area contributed by atoms with E-state index in [4.69, 9.17) is 17.0 Å². The molecule has 1 atom stereocenters. The van der Waals surface area contributed by atoms with Crippen LogP contribution in [-0.2, 0) is 9.53 Å². The number of nitrogens with one attached hydrogen (secondary N) is 2. The zero-order valence-electron chi connectivity index (χ0n) is 9.38. The van der Waals surface area contributed by atoms with Crippen LogP contribution in [0.2, 0.25) is 0 Å². The number of hydrogen-bond donors (Lipinski definition) is 2. The maximum atomic E-state index is 11.7. The number of carbonyl (C=O) groups is 1. The summed E-state index contributed by atoms with van der Waals surface area (Å²) in [6.07, 6.45) is -0.112. The van der Waals surface area contributed by atoms with E-state index in [1.165, 1.54) is 0 Å². The van der Waals surface area contributed by atoms with E-state index in [1.807, 2.05) is 27.7 Å². The Morgan fingerprint density at radius 2 is 2.13 bits per heavy atom. The summed E-state index contributed by atoms with van der Waals surface area (Å²) in [6, 6.07) is -0.106. The van der Waals surface area contributed by atoms with Gasteiger partial charge in [0.2, 0.25) is 0 Å². The van der Waals surface area contributed by atoms with Crippen LogP contribution in [-0.4, -0.2) is 23.2 Å². The maximum absolute atomic E-state index is 11.7. The molecule has 0 spiro atoms. The molecule has 1 heterocycles. The minimum absolute atomic E-state index is 0.106. The highest BCUT2D eigenvalue weighted by atomic mass is 32.1. The van der Waals surface area contributed by atoms with Crippen LogP contribution < -0.4 is 10.6 Å². The summed E-state index contributed by atoms with van der Waals surface area (Å²) in [4.78, 5) is 11.7. The fourth-order valence-electron chi connectivity index (χ4n) is 1.47. The highest BCUT2D eigenvalue weighted by molar-refractivity contribution is 7.80. The van der Waals surface area contributed by atoms with E-state index in [0.717, 1.165) is 5.70 Å². The van der Waals surface area contributed by atoms with Crippen LogP contribution in [0.15, 0.2) is 11.3 Å². The first-order chi connectivity index (χ1) is 6.91. The molecule has 2 N–H and O–H groups in total. The molecule has 15 heavy (non-hydrogen) atoms. The highest BCUT2D eigenvalue weighted by Gasteiger charge is 2.26. The molecule has 0 unspecified atom stereocenters. The van der Waals surface area contributed by atoms with Gasteiger partial charge in [0.05, 0.1) is 17.7 Å². The molecular weight excluding hydrogens is 212 g/mol. The topological polar surface area (TPSA) is 50.4 Å². The lowest BCUT2D eigenvalue weighted by Gasteiger charge is -2.27. The smallest absolute Gasteiger partial charge is 0.338 e. The summed E-state index contributed by atoms with van der Waals surface area (Å²) >= 11 is 4.98. The first kappa shape index (κ1) is 12.0. The fraction of sp³-hybridized carbons (Fsp3) is 0.600. The molecule has 0 aliphatic carbocycles. The molecule has 0 amide bonds. The number of hydrogen-bond acceptors (Lipinski definition) is 3. The normalized spacial score (nSPS) is 21.1. The molecule has 84 valence electrons. The standard InChI is InChI=1S/C10H16N2O2S/c1-5(2)14-9(13)8-6(3)11-10(15)12-7(8)4/h5-6H,1-4H3,(H2,11,12,15)/t6-/m1/s1. The van der Waals surface area contributed by atoms with Crippen LogP contribution in [0.25, 0.3) is 0 Å². The predicted molar refractivity (Wildman–Crippen MR) is 62.3 cm³/mol. The monoisotopic (exact) mass is 228 g/mol. The Kier molecular flexibility index (Phi) is 3.68. The average molecular weight is 228 g/mol. The number of thiocarbonyl (C=S) groups is 1. The van der Waals surface area contributed by atoms with Gasteiger partial charge in [-0.3, -0.25) is 0 Å². The van der Waals surface area contributed by atoms with E-state index in [-0.39, 0.29) is 18.1 Å². The van der Waals surface area contributed by atoms with Crippen LogP contribution in [0.4, 0.5) is 0 Å². The van der Waals surface area contributed by atoms with Crippen molar-refractivity contribution in [2.75, 3.05) is 0 Å². The Morgan fingerprint density at radius 3 is 2.60 bits per heavy atom. The van der Waals surface area contributed by atoms with Crippen molar-refractivity contribution in [3.05, 3.63) is 11.3 Å². The molecule has 0 bridgehead atoms. The number of rotatable bonds is 2. The van der Waals surface area contributed by atoms with Crippen LogP contribution in [0.5, 0.6) is 0 Å². The second-order valence-corrected chi connectivity index (χ2v) is 4.22. The van der Waals surface area contributed by atoms with Gasteiger partial charge in [-0.25, -0.2) is 4.79 Å². The Bertz CT molecular complexity index is 323. The lowest BCUT2D eigenvalue weighted by molar-refractivity contribution is -0.143. The summed E-state index contributed by atoms with van der Waals surface area (Å²) in [7, 11) is 0. The average Bonchev–Trinajstić information content (AvgIpc) is 1.99. The Labute approximate surface area is 95.1 Å². The molecule has 1 aliphatic heterocycles. The summed E-state index contributed by atoms with van der Waals surface area (Å²) in [6.45, 7) is 7.35. The van der Waals surface area contributed by atoms with Gasteiger partial charge in [-0.05, 0) is 39.9 Å². The van der Waals surface area contributed by atoms with Crippen LogP contribution >= 0.6 is 12.2 Å². The first-order valence-electron chi connectivity index (χ1n) is 4.91. The number of allylic oxidation sites excluding steroid dienone is 1. The molecule has 1 aliphatic rings. The fourth-order valence-corrected chi connectivity index (χ4v) is 1.80. The molecule has 0 fully saturated rings. The third-order valence-electron chi connectivity index (χ3n) is 2.05. The summed E-state index contributed by atoms with van der Waals surface area (Å²) < 4.78 is 5.15. The molecule has 0 aromatic rings. The van der Waals surface area contributed by atoms with E-state index >= 15 is 0 Å². The van der Waals surface area contributed by atoms with Gasteiger partial charge in [0.25, 0.3) is 0 Å². The van der Waals surface area contributed by atoms with Crippen molar-refractivity contribution in [3.8, 4) is 0 Å². The van der Waals surface area contributed by atoms with Crippen LogP contribution in [0.1, 0.15) is 27.7 Å². The molecule has 5 heteroatoms. The van der Waals surface area contributed by atoms with E-state index in [9.17, 15) is 4.79 Å². The van der Waals surface area contributed by atoms with Crippen LogP contribution in [0.3, 0.4) is 0 Å². The second-order valence-electron chi connectivity index (χ2n) is 3.81. The van der Waals surface area contributed by atoms with E-state index in [2.05, 4.69) is 10.6 Å². The lowest BCUT2D eigenvalue weighted by Crippen LogP contribution is -2.48. The predicted octanol–water partition coefficient (Wildman–Crippen LogP) is 1.08. The maximum Gasteiger partial charge on any atom is 0.338 e. The van der Waals surface area contributed by atoms with Gasteiger partial charge >= 0.3 is 5.97 Å². The van der Waals surface area contributed by atoms with Gasteiger partial charge in [-0.1, -0.05) is 0 Å². The summed E-state index contributed by atoms with van der Waals surface area (Å²) in [5.41, 5.74) is 1.37. The van der Waals surface area contributed by atoms with Gasteiger partial charge in [0.15, 0.2) is 5.11 Å². The summed E-state index contributed by atoms with van der Waals surface area (Å²) in [5, 5.41) is 6.43. The quantitative estimate of drug-likeness (QED) is 0.547. The van der Waals surface area contributed by atoms with E-state index in [0.29, 0.717) is 10.7 Å². The van der Waals surface area contributed by atoms with E-state index < -0.39 is 0 Å². The van der Waals surface area contributed by atoms with E-state index in [1.54, 1.807) is 0 Å². The minimum atomic E-state index is -0.294. The Morgan fingerprint density at radius 1 is 1.53 bits per heavy atom. The number of carbonyl (C=O) groups excluding carboxylic acids is 1. The van der Waals surface area contributed by atoms with Crippen molar-refractivity contribution < 1.29 is 9.53 Å². The van der Waals surface area contributed by atoms with Gasteiger partial charge in [-0.15, -0.1) is 0 Å². The van der Waals surface area contributed by atoms with Crippen molar-refractivity contribution in [3.63, 3.8) is 0 Å². The SMILES string of the molecule is CC1=C(C(=O)OC(C)C)[C@@H](C)NC(=S)N1. The summed E-state index contributed by atoms with van der Waals surface area (Å²) in [5.74, 6) is -0.294. The molecule has 0 radical (unpaired) electrons. The second kappa shape index (κ2) is 4.61. The molecule has 0 aromatic heterocycles. The third kappa shape index (κ3) is 2.92. The van der Waals surface area contributed by atoms with Crippen molar-refractivity contribution >= 4 is 23.3 Å². The van der Waals surface area contributed by atoms with Gasteiger partial charge in [0.1, 0.15) is 0 Å². The van der Waals surface area contributed by atoms with Crippen molar-refractivity contribution in [1.82, 2.24) is 10.6 Å². The molecule has 1 rings (SSSR count). The van der Waals surface area contributed by atoms with Crippen LogP contribution in [0, 0.1) is 0 Å².